The van der Waals surface area contributed by atoms with Crippen LogP contribution in [-0.2, 0) is 13.2 Å². The van der Waals surface area contributed by atoms with E-state index in [2.05, 4.69) is 34.7 Å². The van der Waals surface area contributed by atoms with Gasteiger partial charge in [0, 0.05) is 10.6 Å². The molecule has 124 valence electrons. The first-order chi connectivity index (χ1) is 11.6. The van der Waals surface area contributed by atoms with E-state index in [0.29, 0.717) is 22.9 Å². The summed E-state index contributed by atoms with van der Waals surface area (Å²) in [6, 6.07) is 13.8. The Labute approximate surface area is 150 Å². The molecule has 0 bridgehead atoms. The fourth-order valence-electron chi connectivity index (χ4n) is 2.32. The van der Waals surface area contributed by atoms with Crippen LogP contribution in [-0.4, -0.2) is 14.9 Å². The number of halogens is 1. The van der Waals surface area contributed by atoms with Gasteiger partial charge in [0.25, 0.3) is 0 Å². The molecule has 2 aromatic carbocycles. The summed E-state index contributed by atoms with van der Waals surface area (Å²) >= 11 is 11.2. The molecule has 0 saturated heterocycles. The van der Waals surface area contributed by atoms with Crippen molar-refractivity contribution >= 4 is 23.8 Å². The second-order valence-electron chi connectivity index (χ2n) is 5.40. The van der Waals surface area contributed by atoms with E-state index in [4.69, 9.17) is 28.6 Å². The standard InChI is InChI=1S/C17H17ClN4OS/c1-12-3-2-4-13(7-12)10-23-16-6-5-15(18)8-14(16)9-20-22-11-19-21-17(22)24/h2-8,11,20H,9-10H2,1H3,(H,21,24). The van der Waals surface area contributed by atoms with Crippen LogP contribution in [0.25, 0.3) is 0 Å². The van der Waals surface area contributed by atoms with Crippen LogP contribution in [0.3, 0.4) is 0 Å². The molecular weight excluding hydrogens is 344 g/mol. The first-order valence-corrected chi connectivity index (χ1v) is 8.23. The maximum atomic E-state index is 6.12. The number of ether oxygens (including phenoxy) is 1. The number of nitrogens with one attached hydrogen (secondary N) is 2. The largest absolute Gasteiger partial charge is 0.489 e. The molecule has 0 atom stereocenters. The van der Waals surface area contributed by atoms with Gasteiger partial charge in [0.05, 0.1) is 6.54 Å². The minimum Gasteiger partial charge on any atom is -0.489 e. The summed E-state index contributed by atoms with van der Waals surface area (Å²) in [5.41, 5.74) is 6.44. The molecule has 1 aromatic heterocycles. The number of H-pyrrole nitrogens is 1. The predicted octanol–water partition coefficient (Wildman–Crippen LogP) is 4.23. The number of hydrogen-bond acceptors (Lipinski definition) is 4. The van der Waals surface area contributed by atoms with E-state index in [9.17, 15) is 0 Å². The van der Waals surface area contributed by atoms with E-state index in [-0.39, 0.29) is 0 Å². The third-order valence-corrected chi connectivity index (χ3v) is 4.01. The lowest BCUT2D eigenvalue weighted by atomic mass is 10.1. The summed E-state index contributed by atoms with van der Waals surface area (Å²) in [6.07, 6.45) is 1.58. The monoisotopic (exact) mass is 360 g/mol. The van der Waals surface area contributed by atoms with Crippen molar-refractivity contribution in [2.45, 2.75) is 20.1 Å². The van der Waals surface area contributed by atoms with Crippen LogP contribution in [0.1, 0.15) is 16.7 Å². The molecule has 24 heavy (non-hydrogen) atoms. The van der Waals surface area contributed by atoms with E-state index < -0.39 is 0 Å². The molecule has 0 aliphatic rings. The van der Waals surface area contributed by atoms with Gasteiger partial charge >= 0.3 is 0 Å². The Kier molecular flexibility index (Phi) is 5.17. The average molecular weight is 361 g/mol. The highest BCUT2D eigenvalue weighted by molar-refractivity contribution is 7.71. The van der Waals surface area contributed by atoms with E-state index in [1.54, 1.807) is 11.0 Å². The number of aryl methyl sites for hydroxylation is 1. The van der Waals surface area contributed by atoms with Gasteiger partial charge in [0.1, 0.15) is 18.7 Å². The topological polar surface area (TPSA) is 54.9 Å². The maximum Gasteiger partial charge on any atom is 0.214 e. The zero-order valence-electron chi connectivity index (χ0n) is 13.1. The highest BCUT2D eigenvalue weighted by Crippen LogP contribution is 2.24. The van der Waals surface area contributed by atoms with E-state index in [1.807, 2.05) is 30.3 Å². The van der Waals surface area contributed by atoms with Gasteiger partial charge in [0.15, 0.2) is 0 Å². The first kappa shape index (κ1) is 16.5. The number of benzene rings is 2. The van der Waals surface area contributed by atoms with Crippen molar-refractivity contribution in [3.63, 3.8) is 0 Å². The molecule has 0 unspecified atom stereocenters. The molecule has 0 radical (unpaired) electrons. The molecule has 0 amide bonds. The SMILES string of the molecule is Cc1cccc(COc2ccc(Cl)cc2CNn2cn[nH]c2=S)c1. The summed E-state index contributed by atoms with van der Waals surface area (Å²) < 4.78 is 8.11. The van der Waals surface area contributed by atoms with Gasteiger partial charge in [0.2, 0.25) is 4.77 Å². The zero-order chi connectivity index (χ0) is 16.9. The number of aromatic amines is 1. The highest BCUT2D eigenvalue weighted by Gasteiger charge is 2.06. The lowest BCUT2D eigenvalue weighted by Gasteiger charge is -2.14. The van der Waals surface area contributed by atoms with E-state index in [1.165, 1.54) is 5.56 Å². The van der Waals surface area contributed by atoms with Crippen LogP contribution in [0.4, 0.5) is 0 Å². The van der Waals surface area contributed by atoms with Gasteiger partial charge in [-0.15, -0.1) is 0 Å². The second kappa shape index (κ2) is 7.51. The summed E-state index contributed by atoms with van der Waals surface area (Å²) in [7, 11) is 0. The molecule has 0 spiro atoms. The Balaban J connectivity index is 1.73. The molecule has 0 aliphatic heterocycles. The lowest BCUT2D eigenvalue weighted by molar-refractivity contribution is 0.303. The normalized spacial score (nSPS) is 10.6. The molecule has 0 saturated carbocycles. The molecule has 2 N–H and O–H groups in total. The summed E-state index contributed by atoms with van der Waals surface area (Å²) in [6.45, 7) is 3.08. The van der Waals surface area contributed by atoms with Crippen LogP contribution >= 0.6 is 23.8 Å². The van der Waals surface area contributed by atoms with Gasteiger partial charge in [-0.3, -0.25) is 5.10 Å². The molecule has 1 heterocycles. The minimum atomic E-state index is 0.499. The minimum absolute atomic E-state index is 0.499. The van der Waals surface area contributed by atoms with Gasteiger partial charge in [-0.2, -0.15) is 5.10 Å². The third-order valence-electron chi connectivity index (χ3n) is 3.49. The Hall–Kier alpha value is -2.31. The van der Waals surface area contributed by atoms with Gasteiger partial charge in [-0.1, -0.05) is 41.4 Å². The first-order valence-electron chi connectivity index (χ1n) is 7.44. The number of aromatic nitrogens is 3. The molecule has 5 nitrogen and oxygen atoms in total. The lowest BCUT2D eigenvalue weighted by Crippen LogP contribution is -2.14. The Morgan fingerprint density at radius 1 is 1.29 bits per heavy atom. The zero-order valence-corrected chi connectivity index (χ0v) is 14.7. The Morgan fingerprint density at radius 2 is 2.17 bits per heavy atom. The van der Waals surface area contributed by atoms with Crippen LogP contribution in [0.15, 0.2) is 48.8 Å². The van der Waals surface area contributed by atoms with Crippen molar-refractivity contribution in [1.82, 2.24) is 14.9 Å². The van der Waals surface area contributed by atoms with Crippen molar-refractivity contribution in [2.75, 3.05) is 5.43 Å². The molecule has 3 rings (SSSR count). The van der Waals surface area contributed by atoms with Crippen LogP contribution in [0.5, 0.6) is 5.75 Å². The fraction of sp³-hybridized carbons (Fsp3) is 0.176. The van der Waals surface area contributed by atoms with Gasteiger partial charge in [-0.05, 0) is 42.9 Å². The quantitative estimate of drug-likeness (QED) is 0.646. The number of rotatable bonds is 6. The summed E-state index contributed by atoms with van der Waals surface area (Å²) in [5, 5.41) is 7.22. The molecule has 0 fully saturated rings. The Bertz CT molecular complexity index is 890. The highest BCUT2D eigenvalue weighted by atomic mass is 35.5. The fourth-order valence-corrected chi connectivity index (χ4v) is 2.68. The van der Waals surface area contributed by atoms with Crippen LogP contribution < -0.4 is 10.2 Å². The number of hydrogen-bond donors (Lipinski definition) is 2. The van der Waals surface area contributed by atoms with Gasteiger partial charge < -0.3 is 10.2 Å². The van der Waals surface area contributed by atoms with E-state index >= 15 is 0 Å². The Morgan fingerprint density at radius 3 is 2.92 bits per heavy atom. The molecule has 7 heteroatoms. The van der Waals surface area contributed by atoms with Crippen molar-refractivity contribution in [3.8, 4) is 5.75 Å². The summed E-state index contributed by atoms with van der Waals surface area (Å²) in [4.78, 5) is 0. The third kappa shape index (κ3) is 4.15. The average Bonchev–Trinajstić information content (AvgIpc) is 2.97. The second-order valence-corrected chi connectivity index (χ2v) is 6.22. The molecule has 0 aliphatic carbocycles. The number of nitrogens with zero attached hydrogens (tertiary/aromatic N) is 2. The summed E-state index contributed by atoms with van der Waals surface area (Å²) in [5.74, 6) is 0.781. The molecule has 3 aromatic rings. The predicted molar refractivity (Wildman–Crippen MR) is 97.4 cm³/mol. The van der Waals surface area contributed by atoms with Crippen LogP contribution in [0.2, 0.25) is 5.02 Å². The van der Waals surface area contributed by atoms with E-state index in [0.717, 1.165) is 16.9 Å². The van der Waals surface area contributed by atoms with Gasteiger partial charge in [-0.25, -0.2) is 4.68 Å². The smallest absolute Gasteiger partial charge is 0.214 e. The van der Waals surface area contributed by atoms with Crippen molar-refractivity contribution in [3.05, 3.63) is 75.3 Å². The molecular formula is C17H17ClN4OS. The van der Waals surface area contributed by atoms with Crippen LogP contribution in [0, 0.1) is 11.7 Å². The van der Waals surface area contributed by atoms with Crippen molar-refractivity contribution < 1.29 is 4.74 Å². The van der Waals surface area contributed by atoms with Crippen molar-refractivity contribution in [2.24, 2.45) is 0 Å². The maximum absolute atomic E-state index is 6.12. The van der Waals surface area contributed by atoms with Crippen molar-refractivity contribution in [1.29, 1.82) is 0 Å².